The van der Waals surface area contributed by atoms with Crippen molar-refractivity contribution in [2.45, 2.75) is 119 Å². The van der Waals surface area contributed by atoms with Gasteiger partial charge in [-0.1, -0.05) is 69.7 Å². The van der Waals surface area contributed by atoms with Gasteiger partial charge in [-0.25, -0.2) is 4.79 Å². The second-order valence-electron chi connectivity index (χ2n) is 15.4. The first-order valence-electron chi connectivity index (χ1n) is 16.8. The zero-order valence-corrected chi connectivity index (χ0v) is 27.9. The molecule has 1 aromatic carbocycles. The number of hydrogen-bond acceptors (Lipinski definition) is 5. The quantitative estimate of drug-likeness (QED) is 0.180. The molecule has 44 heavy (non-hydrogen) atoms. The molecule has 5 rings (SSSR count). The van der Waals surface area contributed by atoms with Crippen LogP contribution in [-0.2, 0) is 25.7 Å². The van der Waals surface area contributed by atoms with E-state index in [4.69, 9.17) is 4.74 Å². The van der Waals surface area contributed by atoms with Crippen molar-refractivity contribution in [1.82, 2.24) is 5.32 Å². The summed E-state index contributed by atoms with van der Waals surface area (Å²) in [5.41, 5.74) is 2.67. The number of hydrogen-bond donors (Lipinski definition) is 2. The summed E-state index contributed by atoms with van der Waals surface area (Å²) in [6.07, 6.45) is 7.33. The second-order valence-corrected chi connectivity index (χ2v) is 15.4. The van der Waals surface area contributed by atoms with Crippen molar-refractivity contribution >= 4 is 17.7 Å². The number of ether oxygens (including phenoxy) is 1. The standard InChI is InChI=1S/C38H53NO5/c1-23(2)12-11-15-27(35(42)43)33-29-20-31(41)34-36(5)18-17-30(39-22-26-13-9-8-10-14-26)24(3)28(36)16-19-37(34,6)38(29,7)21-32(33)44-25(4)40/h8-10,12-14,24,28-30,32,34,39H,11,15-22H2,1-7H3,(H,42,43)/b33-27-/t24-,28?,29+,30-,32-,34+,36-,37-,38-/m0/s1. The lowest BCUT2D eigenvalue weighted by Crippen LogP contribution is -2.65. The van der Waals surface area contributed by atoms with Gasteiger partial charge in [0.25, 0.3) is 0 Å². The Morgan fingerprint density at radius 1 is 1.05 bits per heavy atom. The summed E-state index contributed by atoms with van der Waals surface area (Å²) in [6, 6.07) is 11.0. The molecule has 4 aliphatic carbocycles. The van der Waals surface area contributed by atoms with E-state index in [2.05, 4.69) is 63.4 Å². The van der Waals surface area contributed by atoms with E-state index in [1.807, 2.05) is 19.9 Å². The molecule has 0 saturated heterocycles. The largest absolute Gasteiger partial charge is 0.478 e. The first-order valence-corrected chi connectivity index (χ1v) is 16.8. The molecular formula is C38H53NO5. The molecule has 2 N–H and O–H groups in total. The minimum absolute atomic E-state index is 0.0937. The third-order valence-electron chi connectivity index (χ3n) is 12.8. The summed E-state index contributed by atoms with van der Waals surface area (Å²) in [7, 11) is 0. The fraction of sp³-hybridized carbons (Fsp3) is 0.658. The van der Waals surface area contributed by atoms with Crippen molar-refractivity contribution in [3.63, 3.8) is 0 Å². The molecule has 0 spiro atoms. The Balaban J connectivity index is 1.48. The summed E-state index contributed by atoms with van der Waals surface area (Å²) in [4.78, 5) is 39.7. The predicted octanol–water partition coefficient (Wildman–Crippen LogP) is 7.67. The zero-order chi connectivity index (χ0) is 32.0. The van der Waals surface area contributed by atoms with Gasteiger partial charge < -0.3 is 15.2 Å². The van der Waals surface area contributed by atoms with Crippen LogP contribution in [0.15, 0.2) is 53.1 Å². The Kier molecular flexibility index (Phi) is 9.07. The minimum Gasteiger partial charge on any atom is -0.478 e. The number of esters is 1. The Hall–Kier alpha value is -2.73. The average molecular weight is 604 g/mol. The summed E-state index contributed by atoms with van der Waals surface area (Å²) in [5.74, 6) is -0.534. The second kappa shape index (κ2) is 12.2. The van der Waals surface area contributed by atoms with Gasteiger partial charge in [0.1, 0.15) is 11.9 Å². The number of aliphatic carboxylic acids is 1. The van der Waals surface area contributed by atoms with Crippen molar-refractivity contribution in [3.05, 3.63) is 58.7 Å². The third kappa shape index (κ3) is 5.50. The van der Waals surface area contributed by atoms with Crippen molar-refractivity contribution in [1.29, 1.82) is 0 Å². The van der Waals surface area contributed by atoms with E-state index in [1.165, 1.54) is 12.5 Å². The topological polar surface area (TPSA) is 92.7 Å². The number of nitrogens with one attached hydrogen (secondary N) is 1. The summed E-state index contributed by atoms with van der Waals surface area (Å²) < 4.78 is 5.93. The van der Waals surface area contributed by atoms with Crippen molar-refractivity contribution < 1.29 is 24.2 Å². The Morgan fingerprint density at radius 3 is 2.39 bits per heavy atom. The molecule has 0 radical (unpaired) electrons. The van der Waals surface area contributed by atoms with Crippen LogP contribution < -0.4 is 5.32 Å². The van der Waals surface area contributed by atoms with E-state index in [-0.39, 0.29) is 33.9 Å². The smallest absolute Gasteiger partial charge is 0.331 e. The number of Topliss-reactive ketones (excluding diaryl/α,β-unsaturated/α-hetero) is 1. The number of carbonyl (C=O) groups is 3. The highest BCUT2D eigenvalue weighted by Crippen LogP contribution is 2.73. The van der Waals surface area contributed by atoms with Gasteiger partial charge in [0.05, 0.1) is 0 Å². The van der Waals surface area contributed by atoms with Crippen LogP contribution >= 0.6 is 0 Å². The first kappa shape index (κ1) is 32.7. The maximum absolute atomic E-state index is 14.5. The summed E-state index contributed by atoms with van der Waals surface area (Å²) >= 11 is 0. The van der Waals surface area contributed by atoms with Crippen LogP contribution in [0.1, 0.15) is 105 Å². The molecule has 4 saturated carbocycles. The number of carboxylic acids is 1. The van der Waals surface area contributed by atoms with Crippen LogP contribution in [0.5, 0.6) is 0 Å². The van der Waals surface area contributed by atoms with Gasteiger partial charge in [0.15, 0.2) is 0 Å². The van der Waals surface area contributed by atoms with Crippen molar-refractivity contribution in [3.8, 4) is 0 Å². The average Bonchev–Trinajstić information content (AvgIpc) is 3.22. The number of carboxylic acid groups (broad SMARTS) is 1. The normalized spacial score (nSPS) is 39.0. The molecular weight excluding hydrogens is 550 g/mol. The van der Waals surface area contributed by atoms with Gasteiger partial charge in [-0.15, -0.1) is 0 Å². The van der Waals surface area contributed by atoms with Crippen LogP contribution in [0.4, 0.5) is 0 Å². The number of rotatable bonds is 8. The predicted molar refractivity (Wildman–Crippen MR) is 173 cm³/mol. The number of ketones is 1. The van der Waals surface area contributed by atoms with Crippen LogP contribution in [0, 0.1) is 39.9 Å². The molecule has 0 heterocycles. The Labute approximate surface area is 264 Å². The van der Waals surface area contributed by atoms with Crippen LogP contribution in [0.25, 0.3) is 0 Å². The molecule has 0 aliphatic heterocycles. The molecule has 1 aromatic rings. The molecule has 6 nitrogen and oxygen atoms in total. The Morgan fingerprint density at radius 2 is 1.75 bits per heavy atom. The van der Waals surface area contributed by atoms with E-state index in [9.17, 15) is 19.5 Å². The fourth-order valence-corrected chi connectivity index (χ4v) is 10.6. The highest BCUT2D eigenvalue weighted by atomic mass is 16.5. The number of benzene rings is 1. The van der Waals surface area contributed by atoms with E-state index >= 15 is 0 Å². The number of allylic oxidation sites excluding steroid dienone is 2. The molecule has 0 aromatic heterocycles. The van der Waals surface area contributed by atoms with Crippen LogP contribution in [0.2, 0.25) is 0 Å². The molecule has 4 aliphatic rings. The number of carbonyl (C=O) groups excluding carboxylic acids is 2. The van der Waals surface area contributed by atoms with E-state index in [0.29, 0.717) is 54.7 Å². The molecule has 0 bridgehead atoms. The highest BCUT2D eigenvalue weighted by molar-refractivity contribution is 5.90. The molecule has 240 valence electrons. The SMILES string of the molecule is CC(=O)O[C@H]1C[C@@]2(C)[C@H](CC(=O)[C@@H]3[C@@]4(C)CC[C@H](NCc5ccccc5)[C@@H](C)C4CC[C@@]32C)/C1=C(\CCC=C(C)C)C(=O)O. The van der Waals surface area contributed by atoms with Gasteiger partial charge in [0, 0.05) is 37.4 Å². The van der Waals surface area contributed by atoms with E-state index in [1.54, 1.807) is 0 Å². The molecule has 4 fully saturated rings. The Bertz CT molecular complexity index is 1340. The molecule has 0 amide bonds. The van der Waals surface area contributed by atoms with Crippen molar-refractivity contribution in [2.24, 2.45) is 39.9 Å². The zero-order valence-electron chi connectivity index (χ0n) is 27.9. The maximum atomic E-state index is 14.5. The van der Waals surface area contributed by atoms with Crippen LogP contribution in [0.3, 0.4) is 0 Å². The van der Waals surface area contributed by atoms with Gasteiger partial charge in [-0.2, -0.15) is 0 Å². The monoisotopic (exact) mass is 603 g/mol. The van der Waals surface area contributed by atoms with Gasteiger partial charge in [0.2, 0.25) is 0 Å². The fourth-order valence-electron chi connectivity index (χ4n) is 10.6. The van der Waals surface area contributed by atoms with Gasteiger partial charge in [-0.05, 0) is 104 Å². The summed E-state index contributed by atoms with van der Waals surface area (Å²) in [6.45, 7) is 15.6. The van der Waals surface area contributed by atoms with Crippen molar-refractivity contribution in [2.75, 3.05) is 0 Å². The molecule has 6 heteroatoms. The lowest BCUT2D eigenvalue weighted by atomic mass is 9.36. The maximum Gasteiger partial charge on any atom is 0.331 e. The first-order chi connectivity index (χ1) is 20.7. The lowest BCUT2D eigenvalue weighted by molar-refractivity contribution is -0.192. The third-order valence-corrected chi connectivity index (χ3v) is 12.8. The van der Waals surface area contributed by atoms with Gasteiger partial charge >= 0.3 is 11.9 Å². The summed E-state index contributed by atoms with van der Waals surface area (Å²) in [5, 5.41) is 14.3. The van der Waals surface area contributed by atoms with E-state index in [0.717, 1.165) is 37.8 Å². The molecule has 9 atom stereocenters. The van der Waals surface area contributed by atoms with Gasteiger partial charge in [-0.3, -0.25) is 9.59 Å². The minimum atomic E-state index is -0.964. The number of fused-ring (bicyclic) bond motifs is 5. The highest BCUT2D eigenvalue weighted by Gasteiger charge is 2.71. The van der Waals surface area contributed by atoms with E-state index < -0.39 is 18.0 Å². The lowest BCUT2D eigenvalue weighted by Gasteiger charge is -2.67. The molecule has 1 unspecified atom stereocenters. The van der Waals surface area contributed by atoms with Crippen LogP contribution in [-0.4, -0.2) is 35.0 Å².